The van der Waals surface area contributed by atoms with E-state index in [0.29, 0.717) is 11.3 Å². The lowest BCUT2D eigenvalue weighted by Gasteiger charge is -2.11. The Morgan fingerprint density at radius 3 is 2.83 bits per heavy atom. The van der Waals surface area contributed by atoms with Gasteiger partial charge in [-0.1, -0.05) is 18.6 Å². The van der Waals surface area contributed by atoms with E-state index in [0.717, 1.165) is 30.4 Å². The van der Waals surface area contributed by atoms with Crippen molar-refractivity contribution >= 4 is 11.5 Å². The molecule has 3 heteroatoms. The smallest absolute Gasteiger partial charge is 0.336 e. The first-order valence-electron chi connectivity index (χ1n) is 6.33. The first kappa shape index (κ1) is 12.7. The molecule has 0 amide bonds. The summed E-state index contributed by atoms with van der Waals surface area (Å²) >= 11 is 0. The van der Waals surface area contributed by atoms with Crippen LogP contribution >= 0.6 is 0 Å². The van der Waals surface area contributed by atoms with Gasteiger partial charge >= 0.3 is 5.97 Å². The van der Waals surface area contributed by atoms with Crippen molar-refractivity contribution in [3.63, 3.8) is 0 Å². The van der Waals surface area contributed by atoms with Gasteiger partial charge in [-0.25, -0.2) is 4.79 Å². The van der Waals surface area contributed by atoms with E-state index in [-0.39, 0.29) is 0 Å². The summed E-state index contributed by atoms with van der Waals surface area (Å²) in [6, 6.07) is 5.29. The third-order valence-corrected chi connectivity index (χ3v) is 3.34. The number of ether oxygens (including phenoxy) is 1. The minimum atomic E-state index is -0.894. The van der Waals surface area contributed by atoms with Gasteiger partial charge in [0, 0.05) is 0 Å². The Bertz CT molecular complexity index is 475. The number of carbonyl (C=O) groups is 1. The molecule has 0 unspecified atom stereocenters. The van der Waals surface area contributed by atoms with Crippen molar-refractivity contribution in [3.8, 4) is 5.75 Å². The Morgan fingerprint density at radius 1 is 1.28 bits per heavy atom. The highest BCUT2D eigenvalue weighted by atomic mass is 16.5. The fraction of sp³-hybridized carbons (Fsp3) is 0.400. The zero-order valence-corrected chi connectivity index (χ0v) is 10.6. The molecule has 1 aromatic rings. The molecule has 2 rings (SSSR count). The molecule has 0 fully saturated rings. The van der Waals surface area contributed by atoms with Crippen molar-refractivity contribution in [3.05, 3.63) is 35.4 Å². The van der Waals surface area contributed by atoms with Crippen molar-refractivity contribution in [2.45, 2.75) is 32.1 Å². The second-order valence-corrected chi connectivity index (χ2v) is 4.55. The molecule has 0 aromatic heterocycles. The Labute approximate surface area is 107 Å². The van der Waals surface area contributed by atoms with Gasteiger partial charge in [0.25, 0.3) is 0 Å². The van der Waals surface area contributed by atoms with Crippen LogP contribution in [0.15, 0.2) is 24.3 Å². The molecule has 0 aliphatic heterocycles. The molecule has 0 bridgehead atoms. The van der Waals surface area contributed by atoms with E-state index in [4.69, 9.17) is 4.74 Å². The third kappa shape index (κ3) is 2.73. The fourth-order valence-electron chi connectivity index (χ4n) is 2.37. The van der Waals surface area contributed by atoms with Crippen LogP contribution in [0.2, 0.25) is 0 Å². The summed E-state index contributed by atoms with van der Waals surface area (Å²) < 4.78 is 5.09. The first-order chi connectivity index (χ1) is 8.72. The number of rotatable bonds is 3. The van der Waals surface area contributed by atoms with Crippen LogP contribution in [0, 0.1) is 0 Å². The van der Waals surface area contributed by atoms with Crippen LogP contribution in [0.1, 0.15) is 48.0 Å². The van der Waals surface area contributed by atoms with E-state index in [1.165, 1.54) is 12.8 Å². The molecule has 0 saturated heterocycles. The number of hydrogen-bond donors (Lipinski definition) is 1. The van der Waals surface area contributed by atoms with Crippen LogP contribution in [0.3, 0.4) is 0 Å². The Hall–Kier alpha value is -1.77. The predicted octanol–water partition coefficient (Wildman–Crippen LogP) is 3.74. The summed E-state index contributed by atoms with van der Waals surface area (Å²) in [6.45, 7) is 0. The molecule has 1 aromatic carbocycles. The zero-order valence-electron chi connectivity index (χ0n) is 10.6. The van der Waals surface area contributed by atoms with E-state index in [1.54, 1.807) is 13.2 Å². The van der Waals surface area contributed by atoms with Gasteiger partial charge < -0.3 is 9.84 Å². The molecule has 18 heavy (non-hydrogen) atoms. The van der Waals surface area contributed by atoms with Crippen LogP contribution in [-0.4, -0.2) is 18.2 Å². The number of allylic oxidation sites excluding steroid dienone is 2. The predicted molar refractivity (Wildman–Crippen MR) is 71.0 cm³/mol. The molecule has 0 saturated carbocycles. The van der Waals surface area contributed by atoms with Gasteiger partial charge in [0.05, 0.1) is 12.7 Å². The average Bonchev–Trinajstić information content (AvgIpc) is 2.66. The maximum Gasteiger partial charge on any atom is 0.336 e. The topological polar surface area (TPSA) is 46.5 Å². The normalized spacial score (nSPS) is 15.7. The standard InChI is InChI=1S/C15H18O3/c1-18-12-8-9-13(14(10-12)15(16)17)11-6-4-2-3-5-7-11/h6,8-10H,2-5,7H2,1H3,(H,16,17). The van der Waals surface area contributed by atoms with Crippen molar-refractivity contribution in [1.82, 2.24) is 0 Å². The lowest BCUT2D eigenvalue weighted by atomic mass is 9.96. The molecule has 96 valence electrons. The molecule has 0 spiro atoms. The maximum atomic E-state index is 11.3. The van der Waals surface area contributed by atoms with E-state index < -0.39 is 5.97 Å². The summed E-state index contributed by atoms with van der Waals surface area (Å²) in [5.74, 6) is -0.306. The Balaban J connectivity index is 2.42. The maximum absolute atomic E-state index is 11.3. The molecule has 0 atom stereocenters. The Kier molecular flexibility index (Phi) is 4.03. The summed E-state index contributed by atoms with van der Waals surface area (Å²) in [5.41, 5.74) is 2.33. The van der Waals surface area contributed by atoms with Crippen LogP contribution in [0.5, 0.6) is 5.75 Å². The van der Waals surface area contributed by atoms with Crippen LogP contribution in [-0.2, 0) is 0 Å². The van der Waals surface area contributed by atoms with Crippen LogP contribution in [0.25, 0.3) is 5.57 Å². The molecule has 1 aliphatic rings. The minimum absolute atomic E-state index is 0.336. The van der Waals surface area contributed by atoms with Gasteiger partial charge in [0.15, 0.2) is 0 Å². The minimum Gasteiger partial charge on any atom is -0.497 e. The highest BCUT2D eigenvalue weighted by Gasteiger charge is 2.15. The summed E-state index contributed by atoms with van der Waals surface area (Å²) in [7, 11) is 1.55. The summed E-state index contributed by atoms with van der Waals surface area (Å²) in [6.07, 6.45) is 7.74. The number of aromatic carboxylic acids is 1. The summed E-state index contributed by atoms with van der Waals surface area (Å²) in [4.78, 5) is 11.3. The Morgan fingerprint density at radius 2 is 2.11 bits per heavy atom. The third-order valence-electron chi connectivity index (χ3n) is 3.34. The van der Waals surface area contributed by atoms with Gasteiger partial charge in [-0.2, -0.15) is 0 Å². The fourth-order valence-corrected chi connectivity index (χ4v) is 2.37. The lowest BCUT2D eigenvalue weighted by Crippen LogP contribution is -2.03. The summed E-state index contributed by atoms with van der Waals surface area (Å²) in [5, 5.41) is 9.30. The van der Waals surface area contributed by atoms with Gasteiger partial charge in [0.2, 0.25) is 0 Å². The molecular formula is C15H18O3. The number of hydrogen-bond acceptors (Lipinski definition) is 2. The second kappa shape index (κ2) is 5.71. The molecular weight excluding hydrogens is 228 g/mol. The number of benzene rings is 1. The van der Waals surface area contributed by atoms with Crippen molar-refractivity contribution in [2.24, 2.45) is 0 Å². The van der Waals surface area contributed by atoms with Crippen LogP contribution < -0.4 is 4.74 Å². The van der Waals surface area contributed by atoms with Crippen molar-refractivity contribution < 1.29 is 14.6 Å². The molecule has 1 aliphatic carbocycles. The lowest BCUT2D eigenvalue weighted by molar-refractivity contribution is 0.0696. The van der Waals surface area contributed by atoms with E-state index in [9.17, 15) is 9.90 Å². The number of methoxy groups -OCH3 is 1. The molecule has 1 N–H and O–H groups in total. The molecule has 3 nitrogen and oxygen atoms in total. The van der Waals surface area contributed by atoms with Crippen molar-refractivity contribution in [2.75, 3.05) is 7.11 Å². The quantitative estimate of drug-likeness (QED) is 0.883. The average molecular weight is 246 g/mol. The highest BCUT2D eigenvalue weighted by Crippen LogP contribution is 2.30. The second-order valence-electron chi connectivity index (χ2n) is 4.55. The SMILES string of the molecule is COc1ccc(C2=CCCCCC2)c(C(=O)O)c1. The number of carboxylic acids is 1. The molecule has 0 heterocycles. The van der Waals surface area contributed by atoms with Gasteiger partial charge in [-0.05, 0) is 49.0 Å². The zero-order chi connectivity index (χ0) is 13.0. The largest absolute Gasteiger partial charge is 0.497 e. The van der Waals surface area contributed by atoms with Gasteiger partial charge in [-0.3, -0.25) is 0 Å². The van der Waals surface area contributed by atoms with Gasteiger partial charge in [0.1, 0.15) is 5.75 Å². The van der Waals surface area contributed by atoms with E-state index in [1.807, 2.05) is 12.1 Å². The monoisotopic (exact) mass is 246 g/mol. The van der Waals surface area contributed by atoms with Crippen LogP contribution in [0.4, 0.5) is 0 Å². The van der Waals surface area contributed by atoms with E-state index >= 15 is 0 Å². The molecule has 0 radical (unpaired) electrons. The van der Waals surface area contributed by atoms with Crippen molar-refractivity contribution in [1.29, 1.82) is 0 Å². The highest BCUT2D eigenvalue weighted by molar-refractivity contribution is 5.94. The van der Waals surface area contributed by atoms with E-state index in [2.05, 4.69) is 6.08 Å². The number of carboxylic acid groups (broad SMARTS) is 1. The van der Waals surface area contributed by atoms with Gasteiger partial charge in [-0.15, -0.1) is 0 Å². The first-order valence-corrected chi connectivity index (χ1v) is 6.33.